The molecule has 0 aromatic rings. The summed E-state index contributed by atoms with van der Waals surface area (Å²) < 4.78 is 34.4. The summed E-state index contributed by atoms with van der Waals surface area (Å²) >= 11 is 0. The van der Waals surface area contributed by atoms with Crippen LogP contribution in [0.3, 0.4) is 0 Å². The predicted molar refractivity (Wildman–Crippen MR) is 97.5 cm³/mol. The molecule has 2 N–H and O–H groups in total. The zero-order chi connectivity index (χ0) is 18.8. The van der Waals surface area contributed by atoms with E-state index in [0.717, 1.165) is 12.8 Å². The molecule has 0 aliphatic heterocycles. The van der Waals surface area contributed by atoms with E-state index in [1.165, 1.54) is 0 Å². The Morgan fingerprint density at radius 2 is 1.00 bits per heavy atom. The largest absolute Gasteiger partial charge is 0.518 e. The van der Waals surface area contributed by atoms with Crippen LogP contribution >= 0.6 is 0 Å². The molecule has 24 heavy (non-hydrogen) atoms. The zero-order valence-corrected chi connectivity index (χ0v) is 18.5. The van der Waals surface area contributed by atoms with Crippen molar-refractivity contribution in [2.75, 3.05) is 55.7 Å². The second-order valence-electron chi connectivity index (χ2n) is 5.31. The molecule has 0 aromatic carbocycles. The van der Waals surface area contributed by atoms with Gasteiger partial charge in [0.05, 0.1) is 11.3 Å². The van der Waals surface area contributed by atoms with Crippen LogP contribution in [0.25, 0.3) is 0 Å². The van der Waals surface area contributed by atoms with Gasteiger partial charge in [-0.05, 0) is 12.8 Å². The third-order valence-electron chi connectivity index (χ3n) is 4.48. The summed E-state index contributed by atoms with van der Waals surface area (Å²) in [6, 6.07) is 0. The molecule has 0 aliphatic carbocycles. The van der Waals surface area contributed by atoms with Gasteiger partial charge in [0.15, 0.2) is 0 Å². The second-order valence-corrected chi connectivity index (χ2v) is 11.5. The molecule has 0 radical (unpaired) electrons. The molecule has 0 aliphatic rings. The fraction of sp³-hybridized carbons (Fsp3) is 1.00. The maximum absolute atomic E-state index is 5.89. The summed E-state index contributed by atoms with van der Waals surface area (Å²) in [6.45, 7) is 5.27. The summed E-state index contributed by atoms with van der Waals surface area (Å²) in [7, 11) is 3.90. The predicted octanol–water partition coefficient (Wildman–Crippen LogP) is 0.639. The highest BCUT2D eigenvalue weighted by molar-refractivity contribution is 6.64. The van der Waals surface area contributed by atoms with Gasteiger partial charge in [-0.25, -0.2) is 0 Å². The van der Waals surface area contributed by atoms with Crippen LogP contribution in [0, 0.1) is 0 Å². The van der Waals surface area contributed by atoms with E-state index in [1.807, 2.05) is 0 Å². The average Bonchev–Trinajstić information content (AvgIpc) is 2.63. The van der Waals surface area contributed by atoms with Crippen molar-refractivity contribution in [3.8, 4) is 0 Å². The van der Waals surface area contributed by atoms with Crippen molar-refractivity contribution >= 4 is 17.6 Å². The van der Waals surface area contributed by atoms with Gasteiger partial charge >= 0.3 is 17.6 Å². The van der Waals surface area contributed by atoms with Gasteiger partial charge in [0.1, 0.15) is 0 Å². The monoisotopic (exact) mass is 384 g/mol. The number of nitrogens with two attached hydrogens (primary N) is 1. The Hall–Kier alpha value is 0.114. The Morgan fingerprint density at radius 3 is 1.17 bits per heavy atom. The number of nitrogens with zero attached hydrogens (tertiary/aromatic N) is 1. The van der Waals surface area contributed by atoms with Crippen LogP contribution in [0.5, 0.6) is 0 Å². The normalized spacial score (nSPS) is 15.8. The summed E-state index contributed by atoms with van der Waals surface area (Å²) in [5.74, 6) is 0. The lowest BCUT2D eigenvalue weighted by Crippen LogP contribution is -2.70. The first kappa shape index (κ1) is 24.1. The molecular weight excluding hydrogens is 348 g/mol. The number of hydrogen-bond donors (Lipinski definition) is 1. The summed E-state index contributed by atoms with van der Waals surface area (Å²) in [5, 5.41) is 0. The van der Waals surface area contributed by atoms with Crippen LogP contribution in [-0.2, 0) is 26.6 Å². The fourth-order valence-corrected chi connectivity index (χ4v) is 8.58. The Labute approximate surface area is 149 Å². The highest BCUT2D eigenvalue weighted by Gasteiger charge is 2.57. The van der Waals surface area contributed by atoms with Crippen LogP contribution in [0.2, 0.25) is 0 Å². The SMILES string of the molecule is CCC(N(CCN)C(CC)[Si](OC)(OC)OC)[Si](OC)(OC)OC. The van der Waals surface area contributed by atoms with Gasteiger partial charge in [-0.3, -0.25) is 4.90 Å². The van der Waals surface area contributed by atoms with Crippen molar-refractivity contribution in [2.24, 2.45) is 5.73 Å². The fourth-order valence-electron chi connectivity index (χ4n) is 3.37. The third kappa shape index (κ3) is 4.84. The van der Waals surface area contributed by atoms with Gasteiger partial charge in [0, 0.05) is 55.7 Å². The Balaban J connectivity index is 6.02. The van der Waals surface area contributed by atoms with E-state index in [1.54, 1.807) is 42.7 Å². The van der Waals surface area contributed by atoms with E-state index in [2.05, 4.69) is 18.7 Å². The van der Waals surface area contributed by atoms with Crippen molar-refractivity contribution in [1.82, 2.24) is 4.90 Å². The maximum atomic E-state index is 5.89. The Morgan fingerprint density at radius 1 is 0.708 bits per heavy atom. The van der Waals surface area contributed by atoms with Crippen molar-refractivity contribution in [2.45, 2.75) is 38.0 Å². The van der Waals surface area contributed by atoms with E-state index in [9.17, 15) is 0 Å². The summed E-state index contributed by atoms with van der Waals surface area (Å²) in [6.07, 6.45) is 1.56. The minimum atomic E-state index is -2.92. The smallest absolute Gasteiger partial charge is 0.376 e. The zero-order valence-electron chi connectivity index (χ0n) is 16.5. The molecule has 0 spiro atoms. The minimum absolute atomic E-state index is 0.0849. The van der Waals surface area contributed by atoms with Crippen LogP contribution < -0.4 is 5.73 Å². The Kier molecular flexibility index (Phi) is 11.7. The first-order valence-corrected chi connectivity index (χ1v) is 11.8. The van der Waals surface area contributed by atoms with Crippen LogP contribution in [0.4, 0.5) is 0 Å². The lowest BCUT2D eigenvalue weighted by atomic mass is 10.3. The van der Waals surface area contributed by atoms with Gasteiger partial charge in [0.25, 0.3) is 0 Å². The van der Waals surface area contributed by atoms with Gasteiger partial charge in [-0.15, -0.1) is 0 Å². The highest BCUT2D eigenvalue weighted by atomic mass is 28.4. The van der Waals surface area contributed by atoms with Crippen molar-refractivity contribution in [3.63, 3.8) is 0 Å². The number of hydrogen-bond acceptors (Lipinski definition) is 8. The van der Waals surface area contributed by atoms with Gasteiger partial charge in [-0.1, -0.05) is 13.8 Å². The van der Waals surface area contributed by atoms with Gasteiger partial charge < -0.3 is 32.3 Å². The molecule has 8 nitrogen and oxygen atoms in total. The molecule has 0 amide bonds. The molecule has 146 valence electrons. The van der Waals surface area contributed by atoms with E-state index < -0.39 is 17.6 Å². The molecule has 0 heterocycles. The standard InChI is InChI=1S/C14H36N2O6Si2/c1-9-13(23(17-3,18-4)19-5)16(12-11-15)14(10-2)24(20-6,21-7)22-8/h13-14H,9-12,15H2,1-8H3. The lowest BCUT2D eigenvalue weighted by Gasteiger charge is -2.46. The minimum Gasteiger partial charge on any atom is -0.376 e. The Bertz CT molecular complexity index is 288. The van der Waals surface area contributed by atoms with Crippen molar-refractivity contribution in [3.05, 3.63) is 0 Å². The van der Waals surface area contributed by atoms with E-state index in [4.69, 9.17) is 32.3 Å². The first-order valence-electron chi connectivity index (χ1n) is 8.22. The lowest BCUT2D eigenvalue weighted by molar-refractivity contribution is 0.0351. The highest BCUT2D eigenvalue weighted by Crippen LogP contribution is 2.28. The molecule has 0 aromatic heterocycles. The average molecular weight is 385 g/mol. The molecule has 2 unspecified atom stereocenters. The van der Waals surface area contributed by atoms with E-state index in [0.29, 0.717) is 13.1 Å². The van der Waals surface area contributed by atoms with Crippen molar-refractivity contribution in [1.29, 1.82) is 0 Å². The second kappa shape index (κ2) is 11.7. The van der Waals surface area contributed by atoms with E-state index >= 15 is 0 Å². The molecule has 0 rings (SSSR count). The molecule has 0 saturated carbocycles. The summed E-state index contributed by atoms with van der Waals surface area (Å²) in [5.41, 5.74) is 5.72. The van der Waals surface area contributed by atoms with E-state index in [-0.39, 0.29) is 11.3 Å². The molecule has 0 saturated heterocycles. The van der Waals surface area contributed by atoms with Crippen LogP contribution in [-0.4, -0.2) is 89.6 Å². The van der Waals surface area contributed by atoms with Crippen LogP contribution in [0.1, 0.15) is 26.7 Å². The quantitative estimate of drug-likeness (QED) is 0.437. The summed E-state index contributed by atoms with van der Waals surface area (Å²) in [4.78, 5) is 2.23. The van der Waals surface area contributed by atoms with Gasteiger partial charge in [0.2, 0.25) is 0 Å². The van der Waals surface area contributed by atoms with Crippen LogP contribution in [0.15, 0.2) is 0 Å². The molecule has 0 fully saturated rings. The topological polar surface area (TPSA) is 84.6 Å². The molecular formula is C14H36N2O6Si2. The first-order chi connectivity index (χ1) is 11.5. The maximum Gasteiger partial charge on any atom is 0.518 e. The molecule has 2 atom stereocenters. The van der Waals surface area contributed by atoms with Crippen molar-refractivity contribution < 1.29 is 26.6 Å². The molecule has 0 bridgehead atoms. The number of rotatable bonds is 14. The van der Waals surface area contributed by atoms with Gasteiger partial charge in [-0.2, -0.15) is 0 Å². The third-order valence-corrected chi connectivity index (χ3v) is 11.0. The molecule has 10 heteroatoms.